The highest BCUT2D eigenvalue weighted by Gasteiger charge is 2.24. The number of aromatic nitrogens is 6. The monoisotopic (exact) mass is 475 g/mol. The first-order valence-electron chi connectivity index (χ1n) is 12.7. The maximum Gasteiger partial charge on any atom is 0.170 e. The zero-order valence-electron chi connectivity index (χ0n) is 20.3. The molecule has 2 atom stereocenters. The molecule has 0 spiro atoms. The third-order valence-electron chi connectivity index (χ3n) is 7.14. The van der Waals surface area contributed by atoms with Crippen molar-refractivity contribution in [3.05, 3.63) is 47.5 Å². The van der Waals surface area contributed by atoms with Gasteiger partial charge in [-0.3, -0.25) is 0 Å². The van der Waals surface area contributed by atoms with Crippen molar-refractivity contribution in [3.63, 3.8) is 0 Å². The highest BCUT2D eigenvalue weighted by Crippen LogP contribution is 2.40. The second-order valence-electron chi connectivity index (χ2n) is 10.1. The molecule has 4 N–H and O–H groups in total. The van der Waals surface area contributed by atoms with Crippen molar-refractivity contribution in [2.24, 2.45) is 5.92 Å². The van der Waals surface area contributed by atoms with Crippen molar-refractivity contribution in [1.29, 1.82) is 0 Å². The Kier molecular flexibility index (Phi) is 5.77. The summed E-state index contributed by atoms with van der Waals surface area (Å²) >= 11 is 0. The van der Waals surface area contributed by atoms with Crippen LogP contribution in [0.15, 0.2) is 30.6 Å². The molecule has 4 aromatic rings. The fourth-order valence-corrected chi connectivity index (χ4v) is 4.83. The minimum Gasteiger partial charge on any atom is -0.391 e. The van der Waals surface area contributed by atoms with Crippen LogP contribution in [0.3, 0.4) is 0 Å². The first kappa shape index (κ1) is 22.2. The summed E-state index contributed by atoms with van der Waals surface area (Å²) in [5.74, 6) is 3.51. The van der Waals surface area contributed by atoms with Crippen LogP contribution in [0.5, 0.6) is 0 Å². The zero-order valence-corrected chi connectivity index (χ0v) is 20.3. The lowest BCUT2D eigenvalue weighted by Crippen LogP contribution is -2.43. The van der Waals surface area contributed by atoms with Crippen molar-refractivity contribution in [2.75, 3.05) is 30.3 Å². The van der Waals surface area contributed by atoms with Crippen molar-refractivity contribution >= 4 is 22.9 Å². The number of rotatable bonds is 8. The molecule has 2 fully saturated rings. The molecule has 1 saturated carbocycles. The van der Waals surface area contributed by atoms with Gasteiger partial charge < -0.3 is 21.1 Å². The van der Waals surface area contributed by atoms with Gasteiger partial charge >= 0.3 is 0 Å². The van der Waals surface area contributed by atoms with Gasteiger partial charge in [0.2, 0.25) is 0 Å². The molecular weight excluding hydrogens is 442 g/mol. The highest BCUT2D eigenvalue weighted by molar-refractivity contribution is 5.61. The van der Waals surface area contributed by atoms with Gasteiger partial charge in [0.25, 0.3) is 0 Å². The molecule has 10 heteroatoms. The topological polar surface area (TPSA) is 117 Å². The summed E-state index contributed by atoms with van der Waals surface area (Å²) in [4.78, 5) is 9.60. The number of fused-ring (bicyclic) bond motifs is 2. The molecule has 5 heterocycles. The Balaban J connectivity index is 1.24. The quantitative estimate of drug-likeness (QED) is 0.307. The number of hydrogen-bond acceptors (Lipinski definition) is 8. The standard InChI is InChI=1S/C25H33N9O/c1-15(2)19-12-29-34-23(10-21(31-25(19)34)27-11-18-5-7-26-13-20(18)35)28-14-22-30-24-9-17(16-3-4-16)6-8-33(24)32-22/h6,8-10,12,15-16,18,20,26,28,35H,3-5,7,11,13-14H2,1-2H3,(H,27,31)/t18-,20+/m1/s1. The van der Waals surface area contributed by atoms with Crippen LogP contribution in [-0.4, -0.2) is 60.0 Å². The van der Waals surface area contributed by atoms with Gasteiger partial charge in [0.05, 0.1) is 18.8 Å². The van der Waals surface area contributed by atoms with E-state index in [4.69, 9.17) is 9.97 Å². The molecule has 0 unspecified atom stereocenters. The Labute approximate surface area is 204 Å². The van der Waals surface area contributed by atoms with Gasteiger partial charge in [-0.2, -0.15) is 9.61 Å². The average molecular weight is 476 g/mol. The Morgan fingerprint density at radius 1 is 1.17 bits per heavy atom. The molecule has 184 valence electrons. The van der Waals surface area contributed by atoms with Crippen molar-refractivity contribution < 1.29 is 5.11 Å². The fraction of sp³-hybridized carbons (Fsp3) is 0.520. The van der Waals surface area contributed by atoms with Crippen LogP contribution >= 0.6 is 0 Å². The number of hydrogen-bond donors (Lipinski definition) is 4. The summed E-state index contributed by atoms with van der Waals surface area (Å²) in [5.41, 5.74) is 4.16. The lowest BCUT2D eigenvalue weighted by molar-refractivity contribution is 0.0883. The number of anilines is 2. The number of aliphatic hydroxyl groups is 1. The largest absolute Gasteiger partial charge is 0.391 e. The van der Waals surface area contributed by atoms with E-state index < -0.39 is 0 Å². The first-order valence-corrected chi connectivity index (χ1v) is 12.7. The van der Waals surface area contributed by atoms with E-state index in [1.54, 1.807) is 0 Å². The Morgan fingerprint density at radius 2 is 2.06 bits per heavy atom. The van der Waals surface area contributed by atoms with Gasteiger partial charge in [0.1, 0.15) is 11.6 Å². The van der Waals surface area contributed by atoms with Crippen molar-refractivity contribution in [1.82, 2.24) is 34.5 Å². The molecule has 1 saturated heterocycles. The summed E-state index contributed by atoms with van der Waals surface area (Å²) in [7, 11) is 0. The number of piperidine rings is 1. The maximum absolute atomic E-state index is 10.3. The Hall–Kier alpha value is -3.24. The SMILES string of the molecule is CC(C)c1cnn2c(NCc3nc4cc(C5CC5)ccn4n3)cc(NC[C@H]3CCNC[C@@H]3O)nc12. The predicted molar refractivity (Wildman–Crippen MR) is 135 cm³/mol. The van der Waals surface area contributed by atoms with Crippen LogP contribution in [0.2, 0.25) is 0 Å². The molecule has 6 rings (SSSR count). The molecule has 0 amide bonds. The molecular formula is C25H33N9O. The molecule has 10 nitrogen and oxygen atoms in total. The number of nitrogens with one attached hydrogen (secondary N) is 3. The lowest BCUT2D eigenvalue weighted by Gasteiger charge is -2.28. The van der Waals surface area contributed by atoms with Gasteiger partial charge in [0, 0.05) is 36.8 Å². The summed E-state index contributed by atoms with van der Waals surface area (Å²) in [6.07, 6.45) is 7.02. The summed E-state index contributed by atoms with van der Waals surface area (Å²) in [5, 5.41) is 29.7. The fourth-order valence-electron chi connectivity index (χ4n) is 4.83. The number of pyridine rings is 1. The lowest BCUT2D eigenvalue weighted by atomic mass is 9.95. The van der Waals surface area contributed by atoms with Gasteiger partial charge in [0.15, 0.2) is 17.1 Å². The van der Waals surface area contributed by atoms with Crippen molar-refractivity contribution in [3.8, 4) is 0 Å². The highest BCUT2D eigenvalue weighted by atomic mass is 16.3. The van der Waals surface area contributed by atoms with Gasteiger partial charge in [-0.15, -0.1) is 5.10 Å². The van der Waals surface area contributed by atoms with Gasteiger partial charge in [-0.05, 0) is 55.3 Å². The van der Waals surface area contributed by atoms with E-state index in [1.807, 2.05) is 27.5 Å². The first-order chi connectivity index (χ1) is 17.0. The third-order valence-corrected chi connectivity index (χ3v) is 7.14. The second-order valence-corrected chi connectivity index (χ2v) is 10.1. The van der Waals surface area contributed by atoms with E-state index in [0.717, 1.165) is 47.3 Å². The summed E-state index contributed by atoms with van der Waals surface area (Å²) < 4.78 is 3.69. The van der Waals surface area contributed by atoms with E-state index in [1.165, 1.54) is 18.4 Å². The normalized spacial score (nSPS) is 20.7. The van der Waals surface area contributed by atoms with Crippen LogP contribution in [0.1, 0.15) is 61.9 Å². The van der Waals surface area contributed by atoms with Crippen LogP contribution in [0.4, 0.5) is 11.6 Å². The number of nitrogens with zero attached hydrogens (tertiary/aromatic N) is 6. The second kappa shape index (κ2) is 9.09. The van der Waals surface area contributed by atoms with E-state index >= 15 is 0 Å². The Morgan fingerprint density at radius 3 is 2.86 bits per heavy atom. The molecule has 0 aromatic carbocycles. The van der Waals surface area contributed by atoms with Crippen molar-refractivity contribution in [2.45, 2.75) is 57.6 Å². The number of aliphatic hydroxyl groups excluding tert-OH is 1. The van der Waals surface area contributed by atoms with Gasteiger partial charge in [-0.1, -0.05) is 13.8 Å². The molecule has 2 aliphatic rings. The van der Waals surface area contributed by atoms with Gasteiger partial charge in [-0.25, -0.2) is 14.5 Å². The molecule has 0 radical (unpaired) electrons. The summed E-state index contributed by atoms with van der Waals surface area (Å²) in [6, 6.07) is 6.27. The van der Waals surface area contributed by atoms with E-state index in [0.29, 0.717) is 31.5 Å². The van der Waals surface area contributed by atoms with Crippen LogP contribution in [0.25, 0.3) is 11.3 Å². The molecule has 1 aliphatic heterocycles. The third kappa shape index (κ3) is 4.55. The molecule has 0 bridgehead atoms. The zero-order chi connectivity index (χ0) is 23.9. The molecule has 1 aliphatic carbocycles. The smallest absolute Gasteiger partial charge is 0.170 e. The predicted octanol–water partition coefficient (Wildman–Crippen LogP) is 2.77. The van der Waals surface area contributed by atoms with E-state index in [-0.39, 0.29) is 12.0 Å². The van der Waals surface area contributed by atoms with E-state index in [2.05, 4.69) is 52.1 Å². The van der Waals surface area contributed by atoms with E-state index in [9.17, 15) is 5.11 Å². The average Bonchev–Trinajstić information content (AvgIpc) is 3.48. The van der Waals surface area contributed by atoms with Crippen LogP contribution in [-0.2, 0) is 6.54 Å². The number of β-amino-alcohol motifs (C(OH)–C–C–N with tert-alkyl or cyclic N) is 1. The minimum absolute atomic E-state index is 0.197. The molecule has 35 heavy (non-hydrogen) atoms. The molecule has 4 aromatic heterocycles. The van der Waals surface area contributed by atoms with Crippen LogP contribution < -0.4 is 16.0 Å². The summed E-state index contributed by atoms with van der Waals surface area (Å²) in [6.45, 7) is 7.01. The van der Waals surface area contributed by atoms with Crippen LogP contribution in [0, 0.1) is 5.92 Å². The maximum atomic E-state index is 10.3. The minimum atomic E-state index is -0.347. The Bertz CT molecular complexity index is 1340.